The monoisotopic (exact) mass is 396 g/mol. The summed E-state index contributed by atoms with van der Waals surface area (Å²) >= 11 is 1.23. The highest BCUT2D eigenvalue weighted by molar-refractivity contribution is 7.99. The van der Waals surface area contributed by atoms with E-state index in [1.165, 1.54) is 18.0 Å². The van der Waals surface area contributed by atoms with Crippen molar-refractivity contribution in [2.45, 2.75) is 37.5 Å². The highest BCUT2D eigenvalue weighted by Crippen LogP contribution is 2.34. The fraction of sp³-hybridized carbons (Fsp3) is 0.400. The largest absolute Gasteiger partial charge is 0.351 e. The maximum atomic E-state index is 14.2. The lowest BCUT2D eigenvalue weighted by Gasteiger charge is -2.16. The molecule has 1 aromatic carbocycles. The molecule has 0 aliphatic carbocycles. The Hall–Kier alpha value is -2.02. The van der Waals surface area contributed by atoms with Gasteiger partial charge < -0.3 is 5.32 Å². The molecule has 0 unspecified atom stereocenters. The number of benzene rings is 1. The number of hydrogen-bond acceptors (Lipinski definition) is 3. The summed E-state index contributed by atoms with van der Waals surface area (Å²) in [5.41, 5.74) is 0.0681. The summed E-state index contributed by atoms with van der Waals surface area (Å²) in [5.74, 6) is -3.20. The van der Waals surface area contributed by atoms with Crippen LogP contribution in [0, 0.1) is 11.7 Å². The second kappa shape index (κ2) is 9.78. The van der Waals surface area contributed by atoms with Crippen molar-refractivity contribution in [1.29, 1.82) is 0 Å². The second-order valence-corrected chi connectivity index (χ2v) is 7.79. The Labute approximate surface area is 161 Å². The number of nitrogens with one attached hydrogen (secondary N) is 1. The number of nitrogens with zero attached hydrogens (tertiary/aromatic N) is 1. The molecule has 0 radical (unpaired) electrons. The van der Waals surface area contributed by atoms with E-state index in [4.69, 9.17) is 0 Å². The first-order valence-corrected chi connectivity index (χ1v) is 9.77. The minimum atomic E-state index is -3.04. The smallest absolute Gasteiger partial charge is 0.274 e. The van der Waals surface area contributed by atoms with Gasteiger partial charge in [0.2, 0.25) is 0 Å². The highest BCUT2D eigenvalue weighted by Gasteiger charge is 2.30. The molecule has 0 aliphatic heterocycles. The average Bonchev–Trinajstić information content (AvgIpc) is 2.62. The van der Waals surface area contributed by atoms with Gasteiger partial charge in [0.1, 0.15) is 11.5 Å². The molecule has 7 heteroatoms. The lowest BCUT2D eigenvalue weighted by molar-refractivity contribution is -0.00707. The zero-order valence-corrected chi connectivity index (χ0v) is 16.2. The number of alkyl halides is 2. The lowest BCUT2D eigenvalue weighted by Crippen LogP contribution is -2.26. The van der Waals surface area contributed by atoms with E-state index in [1.54, 1.807) is 12.1 Å². The number of carbonyl (C=O) groups excluding carboxylic acids is 1. The normalized spacial score (nSPS) is 11.6. The molecule has 1 amide bonds. The van der Waals surface area contributed by atoms with Gasteiger partial charge in [0.05, 0.1) is 0 Å². The van der Waals surface area contributed by atoms with E-state index in [9.17, 15) is 18.0 Å². The van der Waals surface area contributed by atoms with Gasteiger partial charge in [-0.05, 0) is 36.6 Å². The summed E-state index contributed by atoms with van der Waals surface area (Å²) in [6.45, 7) is 4.71. The molecule has 1 heterocycles. The summed E-state index contributed by atoms with van der Waals surface area (Å²) in [6, 6.07) is 7.56. The predicted molar refractivity (Wildman–Crippen MR) is 102 cm³/mol. The maximum Gasteiger partial charge on any atom is 0.274 e. The first-order valence-electron chi connectivity index (χ1n) is 8.79. The fourth-order valence-electron chi connectivity index (χ4n) is 2.33. The number of rotatable bonds is 9. The fourth-order valence-corrected chi connectivity index (χ4v) is 3.27. The summed E-state index contributed by atoms with van der Waals surface area (Å²) in [4.78, 5) is 16.8. The number of thioether (sulfide) groups is 1. The van der Waals surface area contributed by atoms with Gasteiger partial charge in [-0.2, -0.15) is 0 Å². The number of carbonyl (C=O) groups is 1. The molecule has 0 saturated heterocycles. The minimum Gasteiger partial charge on any atom is -0.351 e. The molecule has 3 nitrogen and oxygen atoms in total. The van der Waals surface area contributed by atoms with Crippen LogP contribution in [0.4, 0.5) is 13.2 Å². The molecule has 0 spiro atoms. The third-order valence-corrected chi connectivity index (χ3v) is 4.92. The van der Waals surface area contributed by atoms with Gasteiger partial charge in [0.15, 0.2) is 0 Å². The molecular weight excluding hydrogens is 373 g/mol. The van der Waals surface area contributed by atoms with E-state index >= 15 is 0 Å². The molecule has 1 N–H and O–H groups in total. The summed E-state index contributed by atoms with van der Waals surface area (Å²) < 4.78 is 41.3. The van der Waals surface area contributed by atoms with Crippen LogP contribution in [-0.4, -0.2) is 23.2 Å². The van der Waals surface area contributed by atoms with E-state index in [0.717, 1.165) is 30.7 Å². The average molecular weight is 396 g/mol. The van der Waals surface area contributed by atoms with E-state index in [-0.39, 0.29) is 29.3 Å². The van der Waals surface area contributed by atoms with Crippen molar-refractivity contribution >= 4 is 17.7 Å². The molecule has 0 saturated carbocycles. The molecule has 27 heavy (non-hydrogen) atoms. The van der Waals surface area contributed by atoms with Crippen LogP contribution in [0.5, 0.6) is 0 Å². The Kier molecular flexibility index (Phi) is 7.71. The minimum absolute atomic E-state index is 0.156. The van der Waals surface area contributed by atoms with E-state index in [2.05, 4.69) is 24.1 Å². The second-order valence-electron chi connectivity index (χ2n) is 6.63. The van der Waals surface area contributed by atoms with Gasteiger partial charge in [-0.1, -0.05) is 26.0 Å². The number of aromatic nitrogens is 1. The molecule has 0 atom stereocenters. The Morgan fingerprint density at radius 1 is 1.22 bits per heavy atom. The summed E-state index contributed by atoms with van der Waals surface area (Å²) in [6.07, 6.45) is 1.98. The number of amides is 1. The molecule has 2 rings (SSSR count). The third-order valence-electron chi connectivity index (χ3n) is 3.92. The van der Waals surface area contributed by atoms with Gasteiger partial charge in [0.25, 0.3) is 11.8 Å². The highest BCUT2D eigenvalue weighted by atomic mass is 32.2. The van der Waals surface area contributed by atoms with Crippen LogP contribution in [0.2, 0.25) is 0 Å². The Bertz CT molecular complexity index is 751. The predicted octanol–water partition coefficient (Wildman–Crippen LogP) is 5.27. The van der Waals surface area contributed by atoms with Crippen LogP contribution in [0.15, 0.2) is 47.5 Å². The van der Waals surface area contributed by atoms with Crippen molar-refractivity contribution in [3.63, 3.8) is 0 Å². The maximum absolute atomic E-state index is 14.2. The Balaban J connectivity index is 1.88. The molecule has 1 aromatic heterocycles. The van der Waals surface area contributed by atoms with Crippen molar-refractivity contribution in [1.82, 2.24) is 10.3 Å². The number of hydrogen-bond donors (Lipinski definition) is 1. The van der Waals surface area contributed by atoms with Gasteiger partial charge in [0, 0.05) is 35.4 Å². The first-order chi connectivity index (χ1) is 12.8. The molecule has 0 fully saturated rings. The standard InChI is InChI=1S/C20H23F3N2OS/c1-14(2)7-10-25-19(26)18-13-17(8-11-24-18)27-12-9-20(22,23)15-3-5-16(21)6-4-15/h3-6,8,11,13-14H,7,9-10,12H2,1-2H3,(H,25,26). The zero-order valence-electron chi connectivity index (χ0n) is 15.3. The lowest BCUT2D eigenvalue weighted by atomic mass is 10.1. The van der Waals surface area contributed by atoms with Crippen LogP contribution < -0.4 is 5.32 Å². The van der Waals surface area contributed by atoms with E-state index in [1.807, 2.05) is 0 Å². The number of halogens is 3. The topological polar surface area (TPSA) is 42.0 Å². The van der Waals surface area contributed by atoms with Crippen molar-refractivity contribution in [2.75, 3.05) is 12.3 Å². The first kappa shape index (κ1) is 21.3. The van der Waals surface area contributed by atoms with Gasteiger partial charge in [-0.3, -0.25) is 9.78 Å². The quantitative estimate of drug-likeness (QED) is 0.587. The van der Waals surface area contributed by atoms with Crippen molar-refractivity contribution in [3.8, 4) is 0 Å². The summed E-state index contributed by atoms with van der Waals surface area (Å²) in [7, 11) is 0. The van der Waals surface area contributed by atoms with Crippen LogP contribution in [0.1, 0.15) is 42.7 Å². The molecule has 2 aromatic rings. The summed E-state index contributed by atoms with van der Waals surface area (Å²) in [5, 5.41) is 2.80. The van der Waals surface area contributed by atoms with Crippen LogP contribution in [0.25, 0.3) is 0 Å². The van der Waals surface area contributed by atoms with Crippen molar-refractivity contribution in [2.24, 2.45) is 5.92 Å². The van der Waals surface area contributed by atoms with Crippen molar-refractivity contribution in [3.05, 3.63) is 59.7 Å². The molecule has 0 aliphatic rings. The SMILES string of the molecule is CC(C)CCNC(=O)c1cc(SCCC(F)(F)c2ccc(F)cc2)ccn1. The molecule has 0 bridgehead atoms. The molecular formula is C20H23F3N2OS. The van der Waals surface area contributed by atoms with E-state index in [0.29, 0.717) is 17.4 Å². The van der Waals surface area contributed by atoms with Crippen LogP contribution in [-0.2, 0) is 5.92 Å². The Morgan fingerprint density at radius 2 is 1.93 bits per heavy atom. The van der Waals surface area contributed by atoms with Crippen LogP contribution >= 0.6 is 11.8 Å². The third kappa shape index (κ3) is 6.90. The van der Waals surface area contributed by atoms with Gasteiger partial charge in [-0.25, -0.2) is 13.2 Å². The zero-order chi connectivity index (χ0) is 19.9. The molecule has 146 valence electrons. The van der Waals surface area contributed by atoms with Gasteiger partial charge in [-0.15, -0.1) is 11.8 Å². The Morgan fingerprint density at radius 3 is 2.59 bits per heavy atom. The van der Waals surface area contributed by atoms with Crippen LogP contribution in [0.3, 0.4) is 0 Å². The number of pyridine rings is 1. The van der Waals surface area contributed by atoms with Gasteiger partial charge >= 0.3 is 0 Å². The van der Waals surface area contributed by atoms with E-state index < -0.39 is 11.7 Å². The van der Waals surface area contributed by atoms with Crippen molar-refractivity contribution < 1.29 is 18.0 Å².